The van der Waals surface area contributed by atoms with Crippen LogP contribution in [0.25, 0.3) is 0 Å². The van der Waals surface area contributed by atoms with Crippen LogP contribution in [0.2, 0.25) is 5.02 Å². The summed E-state index contributed by atoms with van der Waals surface area (Å²) in [5, 5.41) is 8.29. The van der Waals surface area contributed by atoms with Gasteiger partial charge in [-0.05, 0) is 63.3 Å². The van der Waals surface area contributed by atoms with Gasteiger partial charge < -0.3 is 9.64 Å². The van der Waals surface area contributed by atoms with E-state index in [2.05, 4.69) is 21.3 Å². The van der Waals surface area contributed by atoms with Crippen LogP contribution in [-0.4, -0.2) is 38.3 Å². The zero-order valence-electron chi connectivity index (χ0n) is 16.2. The molecule has 1 amide bonds. The normalized spacial score (nSPS) is 13.9. The molecule has 1 N–H and O–H groups in total. The van der Waals surface area contributed by atoms with Gasteiger partial charge in [-0.2, -0.15) is 0 Å². The van der Waals surface area contributed by atoms with Crippen molar-refractivity contribution in [1.29, 1.82) is 0 Å². The molecule has 3 rings (SSSR count). The van der Waals surface area contributed by atoms with Crippen LogP contribution >= 0.6 is 23.4 Å². The van der Waals surface area contributed by atoms with E-state index in [1.54, 1.807) is 6.07 Å². The zero-order valence-corrected chi connectivity index (χ0v) is 17.8. The van der Waals surface area contributed by atoms with Gasteiger partial charge in [0.1, 0.15) is 12.4 Å². The van der Waals surface area contributed by atoms with E-state index in [9.17, 15) is 4.79 Å². The molecule has 1 heterocycles. The third-order valence-corrected chi connectivity index (χ3v) is 5.83. The standard InChI is InChI=1S/C20H25ClN4O2S/c1-3-25(15-7-5-4-6-8-15)19(26)13-28-20-22-18(23-24-20)12-27-16-9-10-17(21)14(2)11-16/h7,9-11H,3-6,8,12-13H2,1-2H3,(H,22,23,24). The van der Waals surface area contributed by atoms with Gasteiger partial charge in [0.15, 0.2) is 5.82 Å². The third kappa shape index (κ3) is 5.52. The molecule has 150 valence electrons. The monoisotopic (exact) mass is 420 g/mol. The lowest BCUT2D eigenvalue weighted by Crippen LogP contribution is -2.32. The van der Waals surface area contributed by atoms with Crippen molar-refractivity contribution in [3.63, 3.8) is 0 Å². The maximum absolute atomic E-state index is 12.6. The molecule has 0 saturated heterocycles. The molecular formula is C20H25ClN4O2S. The number of benzene rings is 1. The molecule has 0 atom stereocenters. The quantitative estimate of drug-likeness (QED) is 0.624. The number of amides is 1. The second-order valence-corrected chi connectivity index (χ2v) is 7.98. The molecule has 6 nitrogen and oxygen atoms in total. The Kier molecular flexibility index (Phi) is 7.39. The van der Waals surface area contributed by atoms with Gasteiger partial charge in [-0.1, -0.05) is 29.4 Å². The van der Waals surface area contributed by atoms with Crippen LogP contribution in [0.5, 0.6) is 5.75 Å². The smallest absolute Gasteiger partial charge is 0.237 e. The number of allylic oxidation sites excluding steroid dienone is 2. The predicted molar refractivity (Wildman–Crippen MR) is 112 cm³/mol. The topological polar surface area (TPSA) is 71.1 Å². The van der Waals surface area contributed by atoms with Gasteiger partial charge in [-0.3, -0.25) is 9.89 Å². The highest BCUT2D eigenvalue weighted by atomic mass is 35.5. The third-order valence-electron chi connectivity index (χ3n) is 4.57. The largest absolute Gasteiger partial charge is 0.486 e. The highest BCUT2D eigenvalue weighted by Crippen LogP contribution is 2.23. The number of nitrogens with zero attached hydrogens (tertiary/aromatic N) is 3. The number of H-pyrrole nitrogens is 1. The number of halogens is 1. The Morgan fingerprint density at radius 2 is 2.25 bits per heavy atom. The summed E-state index contributed by atoms with van der Waals surface area (Å²) in [6.07, 6.45) is 6.60. The number of rotatable bonds is 8. The van der Waals surface area contributed by atoms with Crippen molar-refractivity contribution in [2.75, 3.05) is 12.3 Å². The van der Waals surface area contributed by atoms with Crippen molar-refractivity contribution >= 4 is 29.3 Å². The minimum Gasteiger partial charge on any atom is -0.486 e. The van der Waals surface area contributed by atoms with Gasteiger partial charge in [0.25, 0.3) is 0 Å². The average Bonchev–Trinajstić information content (AvgIpc) is 3.17. The summed E-state index contributed by atoms with van der Waals surface area (Å²) in [6.45, 7) is 4.91. The van der Waals surface area contributed by atoms with Gasteiger partial charge in [-0.15, -0.1) is 5.10 Å². The molecule has 0 unspecified atom stereocenters. The first kappa shape index (κ1) is 20.7. The summed E-state index contributed by atoms with van der Waals surface area (Å²) >= 11 is 7.36. The number of aromatic nitrogens is 3. The number of hydrogen-bond acceptors (Lipinski definition) is 5. The molecule has 8 heteroatoms. The minimum atomic E-state index is 0.0971. The van der Waals surface area contributed by atoms with Gasteiger partial charge in [0.2, 0.25) is 11.1 Å². The number of aryl methyl sites for hydroxylation is 1. The molecule has 0 bridgehead atoms. The summed E-state index contributed by atoms with van der Waals surface area (Å²) in [4.78, 5) is 18.9. The SMILES string of the molecule is CCN(C(=O)CSc1n[nH]c(COc2ccc(Cl)c(C)c2)n1)C1=CCCCC1. The average molecular weight is 421 g/mol. The molecule has 0 spiro atoms. The van der Waals surface area contributed by atoms with E-state index in [1.165, 1.54) is 18.2 Å². The van der Waals surface area contributed by atoms with E-state index in [1.807, 2.05) is 30.9 Å². The molecule has 28 heavy (non-hydrogen) atoms. The number of ether oxygens (including phenoxy) is 1. The van der Waals surface area contributed by atoms with Gasteiger partial charge in [0.05, 0.1) is 5.75 Å². The zero-order chi connectivity index (χ0) is 19.9. The number of carbonyl (C=O) groups is 1. The summed E-state index contributed by atoms with van der Waals surface area (Å²) in [7, 11) is 0. The molecular weight excluding hydrogens is 396 g/mol. The maximum Gasteiger partial charge on any atom is 0.237 e. The number of carbonyl (C=O) groups excluding carboxylic acids is 1. The molecule has 0 saturated carbocycles. The van der Waals surface area contributed by atoms with Gasteiger partial charge in [0, 0.05) is 17.3 Å². The van der Waals surface area contributed by atoms with Crippen molar-refractivity contribution in [2.24, 2.45) is 0 Å². The maximum atomic E-state index is 12.6. The minimum absolute atomic E-state index is 0.0971. The predicted octanol–water partition coefficient (Wildman–Crippen LogP) is 4.74. The highest BCUT2D eigenvalue weighted by Gasteiger charge is 2.18. The molecule has 0 radical (unpaired) electrons. The summed E-state index contributed by atoms with van der Waals surface area (Å²) < 4.78 is 5.72. The van der Waals surface area contributed by atoms with Crippen LogP contribution in [-0.2, 0) is 11.4 Å². The first-order valence-corrected chi connectivity index (χ1v) is 10.9. The van der Waals surface area contributed by atoms with Gasteiger partial charge in [-0.25, -0.2) is 4.98 Å². The summed E-state index contributed by atoms with van der Waals surface area (Å²) in [6, 6.07) is 5.51. The Morgan fingerprint density at radius 1 is 1.39 bits per heavy atom. The number of hydrogen-bond donors (Lipinski definition) is 1. The summed E-state index contributed by atoms with van der Waals surface area (Å²) in [5.41, 5.74) is 2.11. The molecule has 0 fully saturated rings. The van der Waals surface area contributed by atoms with Crippen LogP contribution in [0.1, 0.15) is 44.0 Å². The van der Waals surface area contributed by atoms with E-state index in [0.29, 0.717) is 28.3 Å². The highest BCUT2D eigenvalue weighted by molar-refractivity contribution is 7.99. The fourth-order valence-electron chi connectivity index (χ4n) is 3.08. The van der Waals surface area contributed by atoms with Crippen molar-refractivity contribution < 1.29 is 9.53 Å². The summed E-state index contributed by atoms with van der Waals surface area (Å²) in [5.74, 6) is 1.76. The number of thioether (sulfide) groups is 1. The Labute approximate surface area is 174 Å². The number of aromatic amines is 1. The fraction of sp³-hybridized carbons (Fsp3) is 0.450. The van der Waals surface area contributed by atoms with Crippen LogP contribution in [0, 0.1) is 6.92 Å². The Balaban J connectivity index is 1.50. The van der Waals surface area contributed by atoms with E-state index in [0.717, 1.165) is 36.3 Å². The second-order valence-electron chi connectivity index (χ2n) is 6.63. The second kappa shape index (κ2) is 9.98. The lowest BCUT2D eigenvalue weighted by Gasteiger charge is -2.26. The van der Waals surface area contributed by atoms with Crippen molar-refractivity contribution in [1.82, 2.24) is 20.1 Å². The molecule has 1 aromatic carbocycles. The first-order chi connectivity index (χ1) is 13.6. The first-order valence-electron chi connectivity index (χ1n) is 9.49. The lowest BCUT2D eigenvalue weighted by molar-refractivity contribution is -0.126. The molecule has 0 aliphatic heterocycles. The van der Waals surface area contributed by atoms with Crippen LogP contribution in [0.15, 0.2) is 35.1 Å². The fourth-order valence-corrected chi connectivity index (χ4v) is 3.89. The van der Waals surface area contributed by atoms with Crippen molar-refractivity contribution in [3.8, 4) is 5.75 Å². The van der Waals surface area contributed by atoms with E-state index in [-0.39, 0.29) is 12.5 Å². The van der Waals surface area contributed by atoms with E-state index in [4.69, 9.17) is 16.3 Å². The molecule has 1 aliphatic rings. The van der Waals surface area contributed by atoms with E-state index < -0.39 is 0 Å². The van der Waals surface area contributed by atoms with Gasteiger partial charge >= 0.3 is 0 Å². The lowest BCUT2D eigenvalue weighted by atomic mass is 10.0. The van der Waals surface area contributed by atoms with Crippen LogP contribution < -0.4 is 4.74 Å². The number of nitrogens with one attached hydrogen (secondary N) is 1. The van der Waals surface area contributed by atoms with Crippen LogP contribution in [0.4, 0.5) is 0 Å². The van der Waals surface area contributed by atoms with Crippen molar-refractivity contribution in [2.45, 2.75) is 51.3 Å². The Bertz CT molecular complexity index is 852. The molecule has 1 aromatic heterocycles. The Morgan fingerprint density at radius 3 is 2.96 bits per heavy atom. The van der Waals surface area contributed by atoms with E-state index >= 15 is 0 Å². The molecule has 2 aromatic rings. The Hall–Kier alpha value is -1.99. The van der Waals surface area contributed by atoms with Crippen molar-refractivity contribution in [3.05, 3.63) is 46.4 Å². The molecule has 1 aliphatic carbocycles. The van der Waals surface area contributed by atoms with Crippen LogP contribution in [0.3, 0.4) is 0 Å².